The first kappa shape index (κ1) is 43.0. The molecule has 2 aromatic carbocycles. The molecule has 16 heteroatoms. The number of alkyl halides is 6. The third-order valence-corrected chi connectivity index (χ3v) is 14.2. The summed E-state index contributed by atoms with van der Waals surface area (Å²) in [5.41, 5.74) is -6.92. The molecular formula is C33H50F6O8Si2. The fourth-order valence-electron chi connectivity index (χ4n) is 6.01. The number of aryl methyl sites for hydroxylation is 2. The van der Waals surface area contributed by atoms with Gasteiger partial charge in [-0.25, -0.2) is 0 Å². The second kappa shape index (κ2) is 18.9. The van der Waals surface area contributed by atoms with E-state index < -0.39 is 58.0 Å². The molecule has 0 aromatic heterocycles. The van der Waals surface area contributed by atoms with E-state index in [1.165, 1.54) is 0 Å². The first-order valence-corrected chi connectivity index (χ1v) is 20.5. The average Bonchev–Trinajstić information content (AvgIpc) is 3.00. The molecule has 0 heterocycles. The van der Waals surface area contributed by atoms with Crippen LogP contribution in [-0.4, -0.2) is 79.8 Å². The number of aromatic hydroxyl groups is 2. The SMILES string of the molecule is CCO[Si](CCCc1cc(C(c2ccc(O)c(CCC[Si](OCC)(OCC)OCC)c2)(C(F)(F)F)C(F)(F)F)ccc1O)(OCC)OCC. The van der Waals surface area contributed by atoms with Gasteiger partial charge in [0.1, 0.15) is 11.5 Å². The molecule has 0 spiro atoms. The van der Waals surface area contributed by atoms with Crippen LogP contribution in [0.1, 0.15) is 76.6 Å². The summed E-state index contributed by atoms with van der Waals surface area (Å²) in [5.74, 6) is -0.897. The van der Waals surface area contributed by atoms with Gasteiger partial charge in [-0.3, -0.25) is 0 Å². The van der Waals surface area contributed by atoms with Gasteiger partial charge in [-0.05, 0) is 102 Å². The summed E-state index contributed by atoms with van der Waals surface area (Å²) in [4.78, 5) is 0. The molecule has 0 amide bonds. The van der Waals surface area contributed by atoms with Crippen molar-refractivity contribution in [1.29, 1.82) is 0 Å². The molecule has 0 radical (unpaired) electrons. The van der Waals surface area contributed by atoms with Crippen molar-refractivity contribution >= 4 is 17.6 Å². The fraction of sp³-hybridized carbons (Fsp3) is 0.636. The van der Waals surface area contributed by atoms with Gasteiger partial charge in [0.25, 0.3) is 0 Å². The third-order valence-electron chi connectivity index (χ3n) is 7.92. The number of benzene rings is 2. The highest BCUT2D eigenvalue weighted by Crippen LogP contribution is 2.57. The van der Waals surface area contributed by atoms with E-state index in [0.717, 1.165) is 24.3 Å². The molecule has 0 aliphatic carbocycles. The molecule has 0 saturated carbocycles. The molecule has 0 atom stereocenters. The molecule has 0 saturated heterocycles. The topological polar surface area (TPSA) is 95.8 Å². The molecule has 2 N–H and O–H groups in total. The highest BCUT2D eigenvalue weighted by Gasteiger charge is 2.72. The van der Waals surface area contributed by atoms with Crippen molar-refractivity contribution < 1.29 is 63.1 Å². The Morgan fingerprint density at radius 1 is 0.510 bits per heavy atom. The second-order valence-corrected chi connectivity index (χ2v) is 16.6. The summed E-state index contributed by atoms with van der Waals surface area (Å²) in [6.45, 7) is 12.3. The molecule has 2 aromatic rings. The number of halogens is 6. The predicted octanol–water partition coefficient (Wildman–Crippen LogP) is 8.47. The van der Waals surface area contributed by atoms with Gasteiger partial charge in [0.2, 0.25) is 5.41 Å². The summed E-state index contributed by atoms with van der Waals surface area (Å²) < 4.78 is 125. The highest BCUT2D eigenvalue weighted by molar-refractivity contribution is 6.61. The average molecular weight is 745 g/mol. The van der Waals surface area contributed by atoms with Gasteiger partial charge >= 0.3 is 30.0 Å². The lowest BCUT2D eigenvalue weighted by molar-refractivity contribution is -0.288. The summed E-state index contributed by atoms with van der Waals surface area (Å²) in [7, 11) is -6.33. The number of hydrogen-bond donors (Lipinski definition) is 2. The Kier molecular flexibility index (Phi) is 16.6. The van der Waals surface area contributed by atoms with Crippen LogP contribution < -0.4 is 0 Å². The fourth-order valence-corrected chi connectivity index (χ4v) is 11.2. The Hall–Kier alpha value is -2.19. The second-order valence-electron chi connectivity index (χ2n) is 11.1. The number of phenols is 2. The normalized spacial score (nSPS) is 13.3. The van der Waals surface area contributed by atoms with Crippen molar-refractivity contribution in [3.05, 3.63) is 58.7 Å². The largest absolute Gasteiger partial charge is 0.508 e. The van der Waals surface area contributed by atoms with Gasteiger partial charge in [-0.1, -0.05) is 24.3 Å². The standard InChI is InChI=1S/C33H50F6O8Si2/c1-7-42-48(43-8-2,44-9-3)21-13-15-25-23-27(17-19-29(25)40)31(32(34,35)36,33(37,38)39)28-18-20-30(41)26(24-28)16-14-22-49(45-10-4,46-11-5)47-12-6/h17-20,23-24,40-41H,7-16,21-22H2,1-6H3. The van der Waals surface area contributed by atoms with E-state index in [1.807, 2.05) is 0 Å². The molecule has 0 aliphatic heterocycles. The van der Waals surface area contributed by atoms with Gasteiger partial charge < -0.3 is 36.8 Å². The Morgan fingerprint density at radius 2 is 0.796 bits per heavy atom. The van der Waals surface area contributed by atoms with Crippen LogP contribution in [-0.2, 0) is 44.8 Å². The maximum absolute atomic E-state index is 15.1. The summed E-state index contributed by atoms with van der Waals surface area (Å²) in [6, 6.07) is 4.93. The molecule has 2 rings (SSSR count). The van der Waals surface area contributed by atoms with Crippen LogP contribution in [0, 0.1) is 0 Å². The minimum absolute atomic E-state index is 0.0700. The molecule has 0 bridgehead atoms. The zero-order valence-corrected chi connectivity index (χ0v) is 31.1. The summed E-state index contributed by atoms with van der Waals surface area (Å²) >= 11 is 0. The molecule has 0 unspecified atom stereocenters. The minimum Gasteiger partial charge on any atom is -0.508 e. The van der Waals surface area contributed by atoms with Crippen molar-refractivity contribution in [2.45, 2.75) is 97.1 Å². The van der Waals surface area contributed by atoms with Crippen LogP contribution in [0.25, 0.3) is 0 Å². The number of rotatable bonds is 22. The maximum Gasteiger partial charge on any atom is 0.500 e. The maximum atomic E-state index is 15.1. The quantitative estimate of drug-likeness (QED) is 0.0917. The molecule has 0 aliphatic rings. The minimum atomic E-state index is -5.87. The van der Waals surface area contributed by atoms with Crippen molar-refractivity contribution in [2.24, 2.45) is 0 Å². The monoisotopic (exact) mass is 744 g/mol. The van der Waals surface area contributed by atoms with Crippen molar-refractivity contribution in [2.75, 3.05) is 39.6 Å². The zero-order valence-electron chi connectivity index (χ0n) is 29.1. The van der Waals surface area contributed by atoms with E-state index >= 15 is 26.3 Å². The van der Waals surface area contributed by atoms with Crippen LogP contribution in [0.15, 0.2) is 36.4 Å². The van der Waals surface area contributed by atoms with Crippen molar-refractivity contribution in [3.8, 4) is 11.5 Å². The van der Waals surface area contributed by atoms with Gasteiger partial charge in [-0.2, -0.15) is 26.3 Å². The summed E-state index contributed by atoms with van der Waals surface area (Å²) in [5, 5.41) is 21.1. The summed E-state index contributed by atoms with van der Waals surface area (Å²) in [6.07, 6.45) is -11.5. The molecule has 0 fully saturated rings. The van der Waals surface area contributed by atoms with Crippen LogP contribution >= 0.6 is 0 Å². The third kappa shape index (κ3) is 10.4. The van der Waals surface area contributed by atoms with E-state index in [2.05, 4.69) is 0 Å². The number of phenolic OH excluding ortho intramolecular Hbond substituents is 2. The lowest BCUT2D eigenvalue weighted by Crippen LogP contribution is -2.54. The van der Waals surface area contributed by atoms with Crippen molar-refractivity contribution in [1.82, 2.24) is 0 Å². The zero-order chi connectivity index (χ0) is 36.9. The molecule has 280 valence electrons. The first-order valence-electron chi connectivity index (χ1n) is 16.7. The lowest BCUT2D eigenvalue weighted by atomic mass is 9.72. The van der Waals surface area contributed by atoms with E-state index in [-0.39, 0.29) is 88.5 Å². The van der Waals surface area contributed by atoms with Gasteiger partial charge in [0.15, 0.2) is 0 Å². The smallest absolute Gasteiger partial charge is 0.500 e. The first-order chi connectivity index (χ1) is 23.1. The Bertz CT molecular complexity index is 1160. The van der Waals surface area contributed by atoms with E-state index in [1.54, 1.807) is 41.5 Å². The Morgan fingerprint density at radius 3 is 1.04 bits per heavy atom. The lowest BCUT2D eigenvalue weighted by Gasteiger charge is -2.39. The predicted molar refractivity (Wildman–Crippen MR) is 177 cm³/mol. The van der Waals surface area contributed by atoms with Crippen LogP contribution in [0.4, 0.5) is 26.3 Å². The van der Waals surface area contributed by atoms with Gasteiger partial charge in [0, 0.05) is 51.7 Å². The Labute approximate surface area is 287 Å². The molecule has 49 heavy (non-hydrogen) atoms. The van der Waals surface area contributed by atoms with Crippen LogP contribution in [0.3, 0.4) is 0 Å². The van der Waals surface area contributed by atoms with E-state index in [0.29, 0.717) is 12.1 Å². The molecular weight excluding hydrogens is 695 g/mol. The van der Waals surface area contributed by atoms with Crippen molar-refractivity contribution in [3.63, 3.8) is 0 Å². The number of hydrogen-bond acceptors (Lipinski definition) is 8. The van der Waals surface area contributed by atoms with Crippen LogP contribution in [0.2, 0.25) is 12.1 Å². The van der Waals surface area contributed by atoms with Gasteiger partial charge in [-0.15, -0.1) is 0 Å². The molecule has 8 nitrogen and oxygen atoms in total. The highest BCUT2D eigenvalue weighted by atomic mass is 28.4. The Balaban J connectivity index is 2.59. The van der Waals surface area contributed by atoms with Crippen LogP contribution in [0.5, 0.6) is 11.5 Å². The van der Waals surface area contributed by atoms with E-state index in [9.17, 15) is 10.2 Å². The van der Waals surface area contributed by atoms with E-state index in [4.69, 9.17) is 26.6 Å². The van der Waals surface area contributed by atoms with Gasteiger partial charge in [0.05, 0.1) is 0 Å².